The first-order chi connectivity index (χ1) is 8.58. The molecule has 0 radical (unpaired) electrons. The van der Waals surface area contributed by atoms with Crippen LogP contribution < -0.4 is 5.32 Å². The molecule has 1 aromatic carbocycles. The molecule has 0 amide bonds. The number of rotatable bonds is 2. The maximum atomic E-state index is 13.3. The van der Waals surface area contributed by atoms with Crippen molar-refractivity contribution in [1.29, 1.82) is 0 Å². The summed E-state index contributed by atoms with van der Waals surface area (Å²) in [6.45, 7) is 5.39. The van der Waals surface area contributed by atoms with Crippen molar-refractivity contribution in [2.75, 3.05) is 6.54 Å². The van der Waals surface area contributed by atoms with Gasteiger partial charge in [0.05, 0.1) is 6.04 Å². The summed E-state index contributed by atoms with van der Waals surface area (Å²) in [5.41, 5.74) is 1.00. The molecule has 3 nitrogen and oxygen atoms in total. The summed E-state index contributed by atoms with van der Waals surface area (Å²) in [6.07, 6.45) is 3.64. The van der Waals surface area contributed by atoms with Crippen molar-refractivity contribution in [3.63, 3.8) is 0 Å². The summed E-state index contributed by atoms with van der Waals surface area (Å²) in [6, 6.07) is 6.80. The van der Waals surface area contributed by atoms with Crippen LogP contribution >= 0.6 is 0 Å². The van der Waals surface area contributed by atoms with E-state index in [4.69, 9.17) is 0 Å². The third-order valence-corrected chi connectivity index (χ3v) is 3.56. The van der Waals surface area contributed by atoms with Gasteiger partial charge in [0.25, 0.3) is 0 Å². The van der Waals surface area contributed by atoms with Crippen molar-refractivity contribution in [1.82, 2.24) is 14.9 Å². The minimum absolute atomic E-state index is 0.191. The Labute approximate surface area is 106 Å². The zero-order valence-corrected chi connectivity index (χ0v) is 10.5. The van der Waals surface area contributed by atoms with Crippen molar-refractivity contribution in [3.05, 3.63) is 48.3 Å². The molecule has 0 unspecified atom stereocenters. The fourth-order valence-corrected chi connectivity index (χ4v) is 2.43. The average Bonchev–Trinajstić information content (AvgIpc) is 2.76. The normalized spacial score (nSPS) is 21.6. The van der Waals surface area contributed by atoms with Crippen LogP contribution in [0.15, 0.2) is 36.7 Å². The van der Waals surface area contributed by atoms with E-state index in [1.807, 2.05) is 16.8 Å². The SMILES string of the molecule is CC1(C)CN[C@H]1c1nccn1-c1cccc(F)c1. The van der Waals surface area contributed by atoms with Gasteiger partial charge < -0.3 is 9.88 Å². The Balaban J connectivity index is 2.02. The summed E-state index contributed by atoms with van der Waals surface area (Å²) in [7, 11) is 0. The first-order valence-corrected chi connectivity index (χ1v) is 6.10. The lowest BCUT2D eigenvalue weighted by atomic mass is 9.77. The highest BCUT2D eigenvalue weighted by Crippen LogP contribution is 2.39. The zero-order valence-electron chi connectivity index (χ0n) is 10.5. The molecule has 94 valence electrons. The third kappa shape index (κ3) is 1.73. The van der Waals surface area contributed by atoms with Crippen molar-refractivity contribution < 1.29 is 4.39 Å². The summed E-state index contributed by atoms with van der Waals surface area (Å²) in [5, 5.41) is 3.39. The summed E-state index contributed by atoms with van der Waals surface area (Å²) < 4.78 is 15.2. The van der Waals surface area contributed by atoms with E-state index in [0.717, 1.165) is 18.1 Å². The number of hydrogen-bond acceptors (Lipinski definition) is 2. The molecule has 3 rings (SSSR count). The van der Waals surface area contributed by atoms with Gasteiger partial charge >= 0.3 is 0 Å². The molecule has 1 aromatic heterocycles. The van der Waals surface area contributed by atoms with E-state index in [0.29, 0.717) is 0 Å². The Bertz CT molecular complexity index is 574. The van der Waals surface area contributed by atoms with E-state index in [2.05, 4.69) is 24.1 Å². The van der Waals surface area contributed by atoms with Crippen LogP contribution in [0.25, 0.3) is 5.69 Å². The Kier molecular flexibility index (Phi) is 2.48. The molecule has 1 fully saturated rings. The predicted octanol–water partition coefficient (Wildman–Crippen LogP) is 2.68. The van der Waals surface area contributed by atoms with E-state index in [-0.39, 0.29) is 17.3 Å². The molecule has 0 spiro atoms. The number of imidazole rings is 1. The number of nitrogens with one attached hydrogen (secondary N) is 1. The third-order valence-electron chi connectivity index (χ3n) is 3.56. The van der Waals surface area contributed by atoms with Gasteiger partial charge in [-0.3, -0.25) is 0 Å². The zero-order chi connectivity index (χ0) is 12.8. The van der Waals surface area contributed by atoms with Crippen LogP contribution in [0.1, 0.15) is 25.7 Å². The first kappa shape index (κ1) is 11.4. The lowest BCUT2D eigenvalue weighted by Crippen LogP contribution is -2.53. The monoisotopic (exact) mass is 245 g/mol. The highest BCUT2D eigenvalue weighted by Gasteiger charge is 2.41. The predicted molar refractivity (Wildman–Crippen MR) is 68.0 cm³/mol. The van der Waals surface area contributed by atoms with Gasteiger partial charge in [-0.15, -0.1) is 0 Å². The second kappa shape index (κ2) is 3.92. The first-order valence-electron chi connectivity index (χ1n) is 6.10. The topological polar surface area (TPSA) is 29.9 Å². The van der Waals surface area contributed by atoms with Gasteiger partial charge in [-0.2, -0.15) is 0 Å². The maximum absolute atomic E-state index is 13.3. The molecule has 4 heteroatoms. The Morgan fingerprint density at radius 1 is 1.44 bits per heavy atom. The van der Waals surface area contributed by atoms with E-state index >= 15 is 0 Å². The smallest absolute Gasteiger partial charge is 0.131 e. The molecule has 1 saturated heterocycles. The van der Waals surface area contributed by atoms with Gasteiger partial charge in [0.1, 0.15) is 11.6 Å². The van der Waals surface area contributed by atoms with Crippen LogP contribution in [0.4, 0.5) is 4.39 Å². The molecular weight excluding hydrogens is 229 g/mol. The summed E-state index contributed by atoms with van der Waals surface area (Å²) in [5.74, 6) is 0.713. The minimum Gasteiger partial charge on any atom is -0.306 e. The lowest BCUT2D eigenvalue weighted by Gasteiger charge is -2.45. The van der Waals surface area contributed by atoms with E-state index < -0.39 is 0 Å². The number of aromatic nitrogens is 2. The average molecular weight is 245 g/mol. The van der Waals surface area contributed by atoms with Gasteiger partial charge in [0.15, 0.2) is 0 Å². The Morgan fingerprint density at radius 2 is 2.28 bits per heavy atom. The van der Waals surface area contributed by atoms with E-state index in [1.54, 1.807) is 12.3 Å². The molecule has 1 aliphatic rings. The Hall–Kier alpha value is -1.68. The fourth-order valence-electron chi connectivity index (χ4n) is 2.43. The van der Waals surface area contributed by atoms with Crippen molar-refractivity contribution in [2.24, 2.45) is 5.41 Å². The maximum Gasteiger partial charge on any atom is 0.131 e. The molecule has 0 saturated carbocycles. The summed E-state index contributed by atoms with van der Waals surface area (Å²) in [4.78, 5) is 4.42. The molecule has 1 atom stereocenters. The number of nitrogens with zero attached hydrogens (tertiary/aromatic N) is 2. The molecule has 1 N–H and O–H groups in total. The Morgan fingerprint density at radius 3 is 2.89 bits per heavy atom. The van der Waals surface area contributed by atoms with Crippen LogP contribution in [-0.4, -0.2) is 16.1 Å². The largest absolute Gasteiger partial charge is 0.306 e. The summed E-state index contributed by atoms with van der Waals surface area (Å²) >= 11 is 0. The number of benzene rings is 1. The molecule has 2 heterocycles. The number of halogens is 1. The van der Waals surface area contributed by atoms with Crippen LogP contribution in [-0.2, 0) is 0 Å². The molecule has 18 heavy (non-hydrogen) atoms. The lowest BCUT2D eigenvalue weighted by molar-refractivity contribution is 0.119. The van der Waals surface area contributed by atoms with Gasteiger partial charge in [-0.1, -0.05) is 19.9 Å². The van der Waals surface area contributed by atoms with Crippen LogP contribution in [0.5, 0.6) is 0 Å². The van der Waals surface area contributed by atoms with Crippen LogP contribution in [0.2, 0.25) is 0 Å². The minimum atomic E-state index is -0.229. The van der Waals surface area contributed by atoms with E-state index in [9.17, 15) is 4.39 Å². The van der Waals surface area contributed by atoms with Crippen molar-refractivity contribution >= 4 is 0 Å². The highest BCUT2D eigenvalue weighted by atomic mass is 19.1. The fraction of sp³-hybridized carbons (Fsp3) is 0.357. The quantitative estimate of drug-likeness (QED) is 0.881. The molecule has 2 aromatic rings. The second-order valence-electron chi connectivity index (χ2n) is 5.44. The van der Waals surface area contributed by atoms with Gasteiger partial charge in [-0.05, 0) is 23.6 Å². The molecular formula is C14H16FN3. The van der Waals surface area contributed by atoms with Crippen molar-refractivity contribution in [3.8, 4) is 5.69 Å². The van der Waals surface area contributed by atoms with Gasteiger partial charge in [-0.25, -0.2) is 9.37 Å². The van der Waals surface area contributed by atoms with Crippen LogP contribution in [0, 0.1) is 11.2 Å². The highest BCUT2D eigenvalue weighted by molar-refractivity contribution is 5.34. The van der Waals surface area contributed by atoms with Crippen LogP contribution in [0.3, 0.4) is 0 Å². The number of hydrogen-bond donors (Lipinski definition) is 1. The molecule has 0 aliphatic carbocycles. The van der Waals surface area contributed by atoms with E-state index in [1.165, 1.54) is 12.1 Å². The van der Waals surface area contributed by atoms with Gasteiger partial charge in [0.2, 0.25) is 0 Å². The van der Waals surface area contributed by atoms with Gasteiger partial charge in [0, 0.05) is 24.6 Å². The molecule has 1 aliphatic heterocycles. The second-order valence-corrected chi connectivity index (χ2v) is 5.44. The standard InChI is InChI=1S/C14H16FN3/c1-14(2)9-17-12(14)13-16-6-7-18(13)11-5-3-4-10(15)8-11/h3-8,12,17H,9H2,1-2H3/t12-/m0/s1. The van der Waals surface area contributed by atoms with Crippen molar-refractivity contribution in [2.45, 2.75) is 19.9 Å². The molecule has 0 bridgehead atoms.